The second kappa shape index (κ2) is 7.31. The van der Waals surface area contributed by atoms with E-state index in [1.165, 1.54) is 16.4 Å². The van der Waals surface area contributed by atoms with Gasteiger partial charge >= 0.3 is 5.97 Å². The predicted octanol–water partition coefficient (Wildman–Crippen LogP) is 2.26. The number of hydrogen-bond acceptors (Lipinski definition) is 6. The molecule has 0 atom stereocenters. The Bertz CT molecular complexity index is 637. The Morgan fingerprint density at radius 1 is 1.32 bits per heavy atom. The number of carbonyl (C=O) groups excluding carboxylic acids is 1. The number of nitrogens with two attached hydrogens (primary N) is 1. The molecule has 6 nitrogen and oxygen atoms in total. The highest BCUT2D eigenvalue weighted by atomic mass is 32.2. The molecule has 0 saturated heterocycles. The van der Waals surface area contributed by atoms with E-state index in [2.05, 4.69) is 10.2 Å². The Morgan fingerprint density at radius 2 is 2.00 bits per heavy atom. The maximum absolute atomic E-state index is 11.6. The van der Waals surface area contributed by atoms with Gasteiger partial charge in [-0.25, -0.2) is 4.68 Å². The van der Waals surface area contributed by atoms with Crippen molar-refractivity contribution in [3.63, 3.8) is 0 Å². The van der Waals surface area contributed by atoms with Gasteiger partial charge in [0.2, 0.25) is 5.16 Å². The van der Waals surface area contributed by atoms with Gasteiger partial charge in [-0.1, -0.05) is 55.4 Å². The maximum atomic E-state index is 11.6. The van der Waals surface area contributed by atoms with Crippen LogP contribution >= 0.6 is 11.8 Å². The minimum absolute atomic E-state index is 0.163. The summed E-state index contributed by atoms with van der Waals surface area (Å²) in [5, 5.41) is 8.59. The summed E-state index contributed by atoms with van der Waals surface area (Å²) in [6.07, 6.45) is 0. The van der Waals surface area contributed by atoms with Crippen molar-refractivity contribution >= 4 is 17.7 Å². The molecule has 1 aromatic heterocycles. The molecule has 7 heteroatoms. The summed E-state index contributed by atoms with van der Waals surface area (Å²) in [6.45, 7) is 6.42. The fraction of sp³-hybridized carbons (Fsp3) is 0.400. The third-order valence-corrected chi connectivity index (χ3v) is 3.79. The Kier molecular flexibility index (Phi) is 5.43. The van der Waals surface area contributed by atoms with Gasteiger partial charge in [0.05, 0.1) is 12.4 Å². The first kappa shape index (κ1) is 16.4. The van der Waals surface area contributed by atoms with Crippen molar-refractivity contribution in [2.24, 2.45) is 5.92 Å². The first-order valence-corrected chi connectivity index (χ1v) is 8.02. The first-order chi connectivity index (χ1) is 10.5. The summed E-state index contributed by atoms with van der Waals surface area (Å²) in [7, 11) is 0. The average Bonchev–Trinajstić information content (AvgIpc) is 2.85. The van der Waals surface area contributed by atoms with Crippen molar-refractivity contribution in [2.45, 2.75) is 25.9 Å². The van der Waals surface area contributed by atoms with Crippen LogP contribution in [-0.4, -0.2) is 33.2 Å². The maximum Gasteiger partial charge on any atom is 0.316 e. The minimum atomic E-state index is -0.279. The van der Waals surface area contributed by atoms with Gasteiger partial charge in [0, 0.05) is 5.56 Å². The van der Waals surface area contributed by atoms with Crippen molar-refractivity contribution < 1.29 is 9.53 Å². The number of aryl methyl sites for hydroxylation is 1. The molecule has 2 aromatic rings. The highest BCUT2D eigenvalue weighted by molar-refractivity contribution is 7.99. The summed E-state index contributed by atoms with van der Waals surface area (Å²) >= 11 is 1.22. The molecule has 0 unspecified atom stereocenters. The van der Waals surface area contributed by atoms with Gasteiger partial charge in [0.15, 0.2) is 5.82 Å². The van der Waals surface area contributed by atoms with Crippen LogP contribution in [-0.2, 0) is 9.53 Å². The lowest BCUT2D eigenvalue weighted by atomic mass is 10.1. The average molecular weight is 320 g/mol. The van der Waals surface area contributed by atoms with Gasteiger partial charge in [-0.15, -0.1) is 10.2 Å². The molecule has 22 heavy (non-hydrogen) atoms. The molecule has 2 rings (SSSR count). The van der Waals surface area contributed by atoms with Crippen molar-refractivity contribution in [3.8, 4) is 11.4 Å². The van der Waals surface area contributed by atoms with Crippen LogP contribution in [0.2, 0.25) is 0 Å². The fourth-order valence-electron chi connectivity index (χ4n) is 1.70. The lowest BCUT2D eigenvalue weighted by Gasteiger charge is -2.07. The van der Waals surface area contributed by atoms with E-state index < -0.39 is 0 Å². The molecule has 0 aliphatic carbocycles. The van der Waals surface area contributed by atoms with E-state index in [4.69, 9.17) is 10.6 Å². The summed E-state index contributed by atoms with van der Waals surface area (Å²) in [5.74, 6) is 6.77. The zero-order chi connectivity index (χ0) is 16.1. The molecule has 118 valence electrons. The van der Waals surface area contributed by atoms with Crippen LogP contribution in [0, 0.1) is 12.8 Å². The van der Waals surface area contributed by atoms with E-state index in [0.717, 1.165) is 11.1 Å². The predicted molar refractivity (Wildman–Crippen MR) is 86.9 cm³/mol. The number of hydrogen-bond donors (Lipinski definition) is 1. The molecular weight excluding hydrogens is 300 g/mol. The topological polar surface area (TPSA) is 83.0 Å². The first-order valence-electron chi connectivity index (χ1n) is 7.03. The SMILES string of the molecule is Cc1ccc(-c2nnc(SCC(=O)OCC(C)C)n2N)cc1. The van der Waals surface area contributed by atoms with E-state index >= 15 is 0 Å². The molecule has 0 aliphatic heterocycles. The largest absolute Gasteiger partial charge is 0.465 e. The Labute approximate surface area is 134 Å². The number of aromatic nitrogens is 3. The van der Waals surface area contributed by atoms with Gasteiger partial charge in [0.25, 0.3) is 0 Å². The highest BCUT2D eigenvalue weighted by Gasteiger charge is 2.14. The third kappa shape index (κ3) is 4.24. The zero-order valence-corrected chi connectivity index (χ0v) is 13.8. The van der Waals surface area contributed by atoms with Gasteiger partial charge in [-0.2, -0.15) is 0 Å². The number of esters is 1. The van der Waals surface area contributed by atoms with Crippen LogP contribution in [0.3, 0.4) is 0 Å². The van der Waals surface area contributed by atoms with Gasteiger partial charge < -0.3 is 10.6 Å². The Balaban J connectivity index is 1.99. The van der Waals surface area contributed by atoms with Crippen LogP contribution in [0.15, 0.2) is 29.4 Å². The normalized spacial score (nSPS) is 10.9. The lowest BCUT2D eigenvalue weighted by Crippen LogP contribution is -2.14. The summed E-state index contributed by atoms with van der Waals surface area (Å²) < 4.78 is 6.51. The standard InChI is InChI=1S/C15H20N4O2S/c1-10(2)8-21-13(20)9-22-15-18-17-14(19(15)16)12-6-4-11(3)5-7-12/h4-7,10H,8-9,16H2,1-3H3. The van der Waals surface area contributed by atoms with E-state index in [0.29, 0.717) is 23.5 Å². The second-order valence-corrected chi connectivity index (χ2v) is 6.35. The lowest BCUT2D eigenvalue weighted by molar-refractivity contribution is -0.141. The molecule has 0 bridgehead atoms. The third-order valence-electron chi connectivity index (χ3n) is 2.87. The molecule has 1 aromatic carbocycles. The number of thioether (sulfide) groups is 1. The van der Waals surface area contributed by atoms with E-state index in [1.807, 2.05) is 45.0 Å². The molecule has 0 spiro atoms. The number of carbonyl (C=O) groups is 1. The van der Waals surface area contributed by atoms with E-state index in [-0.39, 0.29) is 11.7 Å². The van der Waals surface area contributed by atoms with Crippen LogP contribution in [0.4, 0.5) is 0 Å². The van der Waals surface area contributed by atoms with Crippen molar-refractivity contribution in [1.29, 1.82) is 0 Å². The van der Waals surface area contributed by atoms with Gasteiger partial charge in [0.1, 0.15) is 0 Å². The Morgan fingerprint density at radius 3 is 2.64 bits per heavy atom. The van der Waals surface area contributed by atoms with Crippen molar-refractivity contribution in [3.05, 3.63) is 29.8 Å². The van der Waals surface area contributed by atoms with E-state index in [9.17, 15) is 4.79 Å². The zero-order valence-electron chi connectivity index (χ0n) is 12.9. The molecule has 0 aliphatic rings. The van der Waals surface area contributed by atoms with Crippen LogP contribution in [0.1, 0.15) is 19.4 Å². The molecule has 0 radical (unpaired) electrons. The number of nitrogen functional groups attached to an aromatic ring is 1. The monoisotopic (exact) mass is 320 g/mol. The van der Waals surface area contributed by atoms with Gasteiger partial charge in [-0.05, 0) is 12.8 Å². The van der Waals surface area contributed by atoms with Crippen molar-refractivity contribution in [1.82, 2.24) is 14.9 Å². The summed E-state index contributed by atoms with van der Waals surface area (Å²) in [6, 6.07) is 7.85. The van der Waals surface area contributed by atoms with E-state index in [1.54, 1.807) is 0 Å². The molecule has 1 heterocycles. The molecule has 0 amide bonds. The summed E-state index contributed by atoms with van der Waals surface area (Å²) in [5.41, 5.74) is 2.05. The molecule has 0 saturated carbocycles. The fourth-order valence-corrected chi connectivity index (χ4v) is 2.35. The van der Waals surface area contributed by atoms with Crippen LogP contribution < -0.4 is 5.84 Å². The molecule has 0 fully saturated rings. The number of benzene rings is 1. The molecule has 2 N–H and O–H groups in total. The smallest absolute Gasteiger partial charge is 0.316 e. The number of nitrogens with zero attached hydrogens (tertiary/aromatic N) is 3. The second-order valence-electron chi connectivity index (χ2n) is 5.41. The quantitative estimate of drug-likeness (QED) is 0.499. The Hall–Kier alpha value is -2.02. The highest BCUT2D eigenvalue weighted by Crippen LogP contribution is 2.21. The summed E-state index contributed by atoms with van der Waals surface area (Å²) in [4.78, 5) is 11.6. The van der Waals surface area contributed by atoms with Crippen molar-refractivity contribution in [2.75, 3.05) is 18.2 Å². The number of ether oxygens (including phenoxy) is 1. The van der Waals surface area contributed by atoms with Gasteiger partial charge in [-0.3, -0.25) is 4.79 Å². The molecular formula is C15H20N4O2S. The van der Waals surface area contributed by atoms with Crippen LogP contribution in [0.5, 0.6) is 0 Å². The minimum Gasteiger partial charge on any atom is -0.465 e. The van der Waals surface area contributed by atoms with Crippen LogP contribution in [0.25, 0.3) is 11.4 Å². The number of rotatable bonds is 6.